The Hall–Kier alpha value is -3.20. The van der Waals surface area contributed by atoms with Gasteiger partial charge in [0.1, 0.15) is 0 Å². The van der Waals surface area contributed by atoms with Crippen LogP contribution in [-0.2, 0) is 17.1 Å². The monoisotopic (exact) mass is 414 g/mol. The van der Waals surface area contributed by atoms with Crippen molar-refractivity contribution in [1.29, 1.82) is 0 Å². The van der Waals surface area contributed by atoms with E-state index in [1.165, 1.54) is 7.05 Å². The number of rotatable bonds is 6. The van der Waals surface area contributed by atoms with Crippen LogP contribution < -0.4 is 15.6 Å². The van der Waals surface area contributed by atoms with Crippen LogP contribution in [0.5, 0.6) is 0 Å². The molecule has 0 spiro atoms. The number of carbonyl (C=O) groups excluding carboxylic acids is 1. The number of fused-ring (bicyclic) bond motifs is 1. The molecule has 9 heteroatoms. The molecule has 2 aromatic carbocycles. The summed E-state index contributed by atoms with van der Waals surface area (Å²) in [6.07, 6.45) is 0.496. The zero-order valence-electron chi connectivity index (χ0n) is 16.4. The summed E-state index contributed by atoms with van der Waals surface area (Å²) in [4.78, 5) is 25.2. The van der Waals surface area contributed by atoms with Crippen molar-refractivity contribution in [1.82, 2.24) is 9.78 Å². The Morgan fingerprint density at radius 1 is 1.07 bits per heavy atom. The highest BCUT2D eigenvalue weighted by Gasteiger charge is 2.18. The number of hydrogen-bond donors (Lipinski definition) is 2. The highest BCUT2D eigenvalue weighted by Crippen LogP contribution is 2.25. The topological polar surface area (TPSA) is 110 Å². The van der Waals surface area contributed by atoms with E-state index < -0.39 is 15.9 Å². The van der Waals surface area contributed by atoms with Crippen LogP contribution in [0, 0.1) is 6.92 Å². The average Bonchev–Trinajstić information content (AvgIpc) is 2.67. The van der Waals surface area contributed by atoms with E-state index in [0.29, 0.717) is 34.1 Å². The van der Waals surface area contributed by atoms with E-state index in [-0.39, 0.29) is 17.0 Å². The Balaban J connectivity index is 1.97. The van der Waals surface area contributed by atoms with Crippen molar-refractivity contribution in [3.8, 4) is 0 Å². The SMILES string of the molecule is CCCS(=O)(=O)Nc1cccc(NC(=O)c2nn(C)c(=O)c3ccccc23)c1C. The van der Waals surface area contributed by atoms with Gasteiger partial charge in [0.05, 0.1) is 16.8 Å². The lowest BCUT2D eigenvalue weighted by Crippen LogP contribution is -2.25. The molecule has 1 amide bonds. The van der Waals surface area contributed by atoms with E-state index >= 15 is 0 Å². The lowest BCUT2D eigenvalue weighted by molar-refractivity contribution is 0.102. The van der Waals surface area contributed by atoms with E-state index in [9.17, 15) is 18.0 Å². The molecule has 0 atom stereocenters. The first-order valence-electron chi connectivity index (χ1n) is 9.11. The van der Waals surface area contributed by atoms with Gasteiger partial charge in [0, 0.05) is 18.1 Å². The Bertz CT molecular complexity index is 1250. The lowest BCUT2D eigenvalue weighted by atomic mass is 10.1. The molecule has 152 valence electrons. The first kappa shape index (κ1) is 20.5. The molecule has 3 aromatic rings. The van der Waals surface area contributed by atoms with E-state index in [1.54, 1.807) is 56.3 Å². The van der Waals surface area contributed by atoms with Gasteiger partial charge in [-0.1, -0.05) is 31.2 Å². The van der Waals surface area contributed by atoms with Gasteiger partial charge in [0.15, 0.2) is 5.69 Å². The summed E-state index contributed by atoms with van der Waals surface area (Å²) in [6.45, 7) is 3.50. The number of nitrogens with zero attached hydrogens (tertiary/aromatic N) is 2. The van der Waals surface area contributed by atoms with Crippen molar-refractivity contribution >= 4 is 38.1 Å². The maximum atomic E-state index is 12.9. The Morgan fingerprint density at radius 3 is 2.41 bits per heavy atom. The fourth-order valence-corrected chi connectivity index (χ4v) is 4.21. The Labute approximate surface area is 168 Å². The summed E-state index contributed by atoms with van der Waals surface area (Å²) < 4.78 is 27.8. The van der Waals surface area contributed by atoms with Gasteiger partial charge in [0.2, 0.25) is 10.0 Å². The van der Waals surface area contributed by atoms with Gasteiger partial charge < -0.3 is 5.32 Å². The molecule has 8 nitrogen and oxygen atoms in total. The highest BCUT2D eigenvalue weighted by atomic mass is 32.2. The smallest absolute Gasteiger partial charge is 0.276 e. The minimum Gasteiger partial charge on any atom is -0.320 e. The summed E-state index contributed by atoms with van der Waals surface area (Å²) in [6, 6.07) is 11.7. The molecular weight excluding hydrogens is 392 g/mol. The van der Waals surface area contributed by atoms with Crippen LogP contribution in [0.4, 0.5) is 11.4 Å². The van der Waals surface area contributed by atoms with Gasteiger partial charge in [-0.25, -0.2) is 13.1 Å². The number of aryl methyl sites for hydroxylation is 1. The number of carbonyl (C=O) groups is 1. The second-order valence-electron chi connectivity index (χ2n) is 6.68. The van der Waals surface area contributed by atoms with Crippen LogP contribution in [-0.4, -0.2) is 29.9 Å². The number of hydrogen-bond acceptors (Lipinski definition) is 5. The van der Waals surface area contributed by atoms with E-state index in [1.807, 2.05) is 0 Å². The third-order valence-corrected chi connectivity index (χ3v) is 5.97. The second-order valence-corrected chi connectivity index (χ2v) is 8.52. The second kappa shape index (κ2) is 8.04. The molecule has 0 radical (unpaired) electrons. The summed E-state index contributed by atoms with van der Waals surface area (Å²) in [5.41, 5.74) is 1.25. The molecule has 1 aromatic heterocycles. The van der Waals surface area contributed by atoms with Gasteiger partial charge in [0.25, 0.3) is 11.5 Å². The minimum absolute atomic E-state index is 0.0109. The summed E-state index contributed by atoms with van der Waals surface area (Å²) in [5, 5.41) is 7.73. The predicted molar refractivity (Wildman–Crippen MR) is 114 cm³/mol. The van der Waals surface area contributed by atoms with Crippen molar-refractivity contribution in [3.63, 3.8) is 0 Å². The summed E-state index contributed by atoms with van der Waals surface area (Å²) in [7, 11) is -1.97. The van der Waals surface area contributed by atoms with Crippen LogP contribution in [0.15, 0.2) is 47.3 Å². The molecule has 2 N–H and O–H groups in total. The van der Waals surface area contributed by atoms with Crippen LogP contribution in [0.2, 0.25) is 0 Å². The molecular formula is C20H22N4O4S. The van der Waals surface area contributed by atoms with Gasteiger partial charge in [-0.2, -0.15) is 5.10 Å². The summed E-state index contributed by atoms with van der Waals surface area (Å²) in [5.74, 6) is -0.481. The maximum absolute atomic E-state index is 12.9. The fourth-order valence-electron chi connectivity index (χ4n) is 3.02. The third-order valence-electron chi connectivity index (χ3n) is 4.49. The number of benzene rings is 2. The molecule has 0 aliphatic carbocycles. The molecule has 0 aliphatic rings. The standard InChI is InChI=1S/C20H22N4O4S/c1-4-12-29(27,28)23-17-11-7-10-16(13(17)2)21-19(25)18-14-8-5-6-9-15(14)20(26)24(3)22-18/h5-11,23H,4,12H2,1-3H3,(H,21,25). The number of sulfonamides is 1. The molecule has 0 unspecified atom stereocenters. The maximum Gasteiger partial charge on any atom is 0.276 e. The largest absolute Gasteiger partial charge is 0.320 e. The minimum atomic E-state index is -3.46. The predicted octanol–water partition coefficient (Wildman–Crippen LogP) is 2.65. The molecule has 1 heterocycles. The highest BCUT2D eigenvalue weighted by molar-refractivity contribution is 7.92. The Morgan fingerprint density at radius 2 is 1.72 bits per heavy atom. The quantitative estimate of drug-likeness (QED) is 0.644. The van der Waals surface area contributed by atoms with E-state index in [0.717, 1.165) is 4.68 Å². The molecule has 0 saturated carbocycles. The van der Waals surface area contributed by atoms with Crippen LogP contribution >= 0.6 is 0 Å². The van der Waals surface area contributed by atoms with Gasteiger partial charge in [-0.3, -0.25) is 14.3 Å². The van der Waals surface area contributed by atoms with Crippen LogP contribution in [0.3, 0.4) is 0 Å². The van der Waals surface area contributed by atoms with Crippen molar-refractivity contribution in [2.45, 2.75) is 20.3 Å². The van der Waals surface area contributed by atoms with Crippen molar-refractivity contribution in [2.24, 2.45) is 7.05 Å². The molecule has 0 fully saturated rings. The average molecular weight is 414 g/mol. The number of amides is 1. The number of anilines is 2. The zero-order valence-corrected chi connectivity index (χ0v) is 17.2. The molecule has 0 aliphatic heterocycles. The summed E-state index contributed by atoms with van der Waals surface area (Å²) >= 11 is 0. The molecule has 3 rings (SSSR count). The molecule has 0 bridgehead atoms. The van der Waals surface area contributed by atoms with Crippen LogP contribution in [0.1, 0.15) is 29.4 Å². The van der Waals surface area contributed by atoms with Crippen molar-refractivity contribution in [3.05, 3.63) is 64.1 Å². The first-order chi connectivity index (χ1) is 13.7. The first-order valence-corrected chi connectivity index (χ1v) is 10.8. The lowest BCUT2D eigenvalue weighted by Gasteiger charge is -2.15. The number of nitrogens with one attached hydrogen (secondary N) is 2. The molecule has 0 saturated heterocycles. The van der Waals surface area contributed by atoms with E-state index in [4.69, 9.17) is 0 Å². The van der Waals surface area contributed by atoms with Gasteiger partial charge >= 0.3 is 0 Å². The Kier molecular flexibility index (Phi) is 5.69. The fraction of sp³-hybridized carbons (Fsp3) is 0.250. The van der Waals surface area contributed by atoms with Crippen molar-refractivity contribution < 1.29 is 13.2 Å². The van der Waals surface area contributed by atoms with Gasteiger partial charge in [-0.05, 0) is 37.1 Å². The van der Waals surface area contributed by atoms with Crippen molar-refractivity contribution in [2.75, 3.05) is 15.8 Å². The van der Waals surface area contributed by atoms with Crippen LogP contribution in [0.25, 0.3) is 10.8 Å². The van der Waals surface area contributed by atoms with E-state index in [2.05, 4.69) is 15.1 Å². The van der Waals surface area contributed by atoms with Gasteiger partial charge in [-0.15, -0.1) is 0 Å². The molecule has 29 heavy (non-hydrogen) atoms. The number of aromatic nitrogens is 2. The normalized spacial score (nSPS) is 11.4. The zero-order chi connectivity index (χ0) is 21.2. The third kappa shape index (κ3) is 4.29.